The van der Waals surface area contributed by atoms with Gasteiger partial charge in [-0.2, -0.15) is 0 Å². The van der Waals surface area contributed by atoms with Crippen molar-refractivity contribution < 1.29 is 4.74 Å². The quantitative estimate of drug-likeness (QED) is 0.570. The summed E-state index contributed by atoms with van der Waals surface area (Å²) in [6.45, 7) is 8.40. The Morgan fingerprint density at radius 3 is 2.95 bits per heavy atom. The standard InChI is InChI=1S/C17H25NO/c1-3-4-9-19-10-8-18-17-12-16(13-17)15-7-5-6-14(2)11-15/h3,5-7,11,16-18H,1,4,8-10,12-13H2,2H3. The summed E-state index contributed by atoms with van der Waals surface area (Å²) in [5, 5.41) is 3.56. The minimum absolute atomic E-state index is 0.675. The smallest absolute Gasteiger partial charge is 0.0591 e. The normalized spacial score (nSPS) is 21.9. The van der Waals surface area contributed by atoms with Crippen LogP contribution in [0.1, 0.15) is 36.3 Å². The van der Waals surface area contributed by atoms with Gasteiger partial charge in [0.1, 0.15) is 0 Å². The molecule has 1 aromatic rings. The molecule has 2 heteroatoms. The van der Waals surface area contributed by atoms with Crippen molar-refractivity contribution in [3.63, 3.8) is 0 Å². The van der Waals surface area contributed by atoms with Crippen LogP contribution in [-0.2, 0) is 4.74 Å². The summed E-state index contributed by atoms with van der Waals surface area (Å²) in [6.07, 6.45) is 5.36. The fourth-order valence-corrected chi connectivity index (χ4v) is 2.58. The Balaban J connectivity index is 1.57. The van der Waals surface area contributed by atoms with E-state index < -0.39 is 0 Å². The largest absolute Gasteiger partial charge is 0.380 e. The molecule has 19 heavy (non-hydrogen) atoms. The van der Waals surface area contributed by atoms with Gasteiger partial charge in [0.15, 0.2) is 0 Å². The first-order chi connectivity index (χ1) is 9.29. The summed E-state index contributed by atoms with van der Waals surface area (Å²) in [6, 6.07) is 9.58. The van der Waals surface area contributed by atoms with Crippen molar-refractivity contribution in [1.29, 1.82) is 0 Å². The zero-order valence-corrected chi connectivity index (χ0v) is 11.9. The highest BCUT2D eigenvalue weighted by Gasteiger charge is 2.29. The van der Waals surface area contributed by atoms with Gasteiger partial charge >= 0.3 is 0 Å². The van der Waals surface area contributed by atoms with Crippen molar-refractivity contribution in [2.24, 2.45) is 0 Å². The van der Waals surface area contributed by atoms with Crippen molar-refractivity contribution in [2.75, 3.05) is 19.8 Å². The van der Waals surface area contributed by atoms with Crippen molar-refractivity contribution in [3.05, 3.63) is 48.0 Å². The SMILES string of the molecule is C=CCCOCCNC1CC(c2cccc(C)c2)C1. The van der Waals surface area contributed by atoms with Crippen LogP contribution < -0.4 is 5.32 Å². The fourth-order valence-electron chi connectivity index (χ4n) is 2.58. The van der Waals surface area contributed by atoms with Gasteiger partial charge in [-0.3, -0.25) is 0 Å². The second kappa shape index (κ2) is 7.46. The van der Waals surface area contributed by atoms with Crippen molar-refractivity contribution >= 4 is 0 Å². The molecule has 1 fully saturated rings. The topological polar surface area (TPSA) is 21.3 Å². The number of benzene rings is 1. The first-order valence-electron chi connectivity index (χ1n) is 7.28. The molecule has 1 saturated carbocycles. The molecule has 0 amide bonds. The van der Waals surface area contributed by atoms with E-state index in [4.69, 9.17) is 4.74 Å². The maximum absolute atomic E-state index is 5.49. The zero-order chi connectivity index (χ0) is 13.5. The van der Waals surface area contributed by atoms with Crippen LogP contribution in [0.2, 0.25) is 0 Å². The van der Waals surface area contributed by atoms with Gasteiger partial charge in [-0.1, -0.05) is 35.9 Å². The molecule has 0 atom stereocenters. The minimum Gasteiger partial charge on any atom is -0.380 e. The molecule has 1 N–H and O–H groups in total. The Labute approximate surface area is 116 Å². The van der Waals surface area contributed by atoms with Gasteiger partial charge in [0.25, 0.3) is 0 Å². The average molecular weight is 259 g/mol. The predicted molar refractivity (Wildman–Crippen MR) is 80.6 cm³/mol. The first-order valence-corrected chi connectivity index (χ1v) is 7.28. The van der Waals surface area contributed by atoms with E-state index in [0.29, 0.717) is 6.04 Å². The van der Waals surface area contributed by atoms with E-state index in [9.17, 15) is 0 Å². The summed E-state index contributed by atoms with van der Waals surface area (Å²) in [7, 11) is 0. The van der Waals surface area contributed by atoms with Gasteiger partial charge < -0.3 is 10.1 Å². The summed E-state index contributed by atoms with van der Waals surface area (Å²) >= 11 is 0. The molecule has 0 spiro atoms. The van der Waals surface area contributed by atoms with E-state index in [1.807, 2.05) is 6.08 Å². The van der Waals surface area contributed by atoms with Gasteiger partial charge in [0, 0.05) is 12.6 Å². The summed E-state index contributed by atoms with van der Waals surface area (Å²) in [5.74, 6) is 0.749. The molecule has 1 aromatic carbocycles. The number of rotatable bonds is 8. The van der Waals surface area contributed by atoms with Gasteiger partial charge in [0.2, 0.25) is 0 Å². The van der Waals surface area contributed by atoms with Crippen molar-refractivity contribution in [1.82, 2.24) is 5.32 Å². The lowest BCUT2D eigenvalue weighted by molar-refractivity contribution is 0.133. The molecule has 0 bridgehead atoms. The van der Waals surface area contributed by atoms with E-state index in [2.05, 4.69) is 43.1 Å². The number of aryl methyl sites for hydroxylation is 1. The van der Waals surface area contributed by atoms with E-state index in [1.54, 1.807) is 0 Å². The molecular weight excluding hydrogens is 234 g/mol. The molecule has 104 valence electrons. The van der Waals surface area contributed by atoms with Crippen molar-refractivity contribution in [3.8, 4) is 0 Å². The fraction of sp³-hybridized carbons (Fsp3) is 0.529. The maximum Gasteiger partial charge on any atom is 0.0591 e. The van der Waals surface area contributed by atoms with Gasteiger partial charge in [-0.25, -0.2) is 0 Å². The third kappa shape index (κ3) is 4.48. The van der Waals surface area contributed by atoms with Crippen molar-refractivity contribution in [2.45, 2.75) is 38.1 Å². The van der Waals surface area contributed by atoms with Crippen LogP contribution in [0.15, 0.2) is 36.9 Å². The lowest BCUT2D eigenvalue weighted by Gasteiger charge is -2.36. The maximum atomic E-state index is 5.49. The Bertz CT molecular complexity index is 396. The number of hydrogen-bond donors (Lipinski definition) is 1. The number of ether oxygens (including phenoxy) is 1. The van der Waals surface area contributed by atoms with Crippen LogP contribution in [0.3, 0.4) is 0 Å². The van der Waals surface area contributed by atoms with E-state index >= 15 is 0 Å². The lowest BCUT2D eigenvalue weighted by Crippen LogP contribution is -2.41. The zero-order valence-electron chi connectivity index (χ0n) is 11.9. The highest BCUT2D eigenvalue weighted by atomic mass is 16.5. The Kier molecular flexibility index (Phi) is 5.62. The Morgan fingerprint density at radius 1 is 1.37 bits per heavy atom. The average Bonchev–Trinajstić information content (AvgIpc) is 2.35. The monoisotopic (exact) mass is 259 g/mol. The van der Waals surface area contributed by atoms with E-state index in [-0.39, 0.29) is 0 Å². The summed E-state index contributed by atoms with van der Waals surface area (Å²) in [5.41, 5.74) is 2.87. The third-order valence-electron chi connectivity index (χ3n) is 3.80. The van der Waals surface area contributed by atoms with Crippen LogP contribution in [0, 0.1) is 6.92 Å². The lowest BCUT2D eigenvalue weighted by atomic mass is 9.75. The van der Waals surface area contributed by atoms with Gasteiger partial charge in [-0.15, -0.1) is 6.58 Å². The molecule has 0 unspecified atom stereocenters. The molecule has 0 radical (unpaired) electrons. The minimum atomic E-state index is 0.675. The molecule has 0 heterocycles. The molecule has 1 aliphatic rings. The van der Waals surface area contributed by atoms with Crippen LogP contribution in [-0.4, -0.2) is 25.8 Å². The van der Waals surface area contributed by atoms with Crippen LogP contribution in [0.5, 0.6) is 0 Å². The van der Waals surface area contributed by atoms with Crippen LogP contribution in [0.25, 0.3) is 0 Å². The van der Waals surface area contributed by atoms with Crippen LogP contribution in [0.4, 0.5) is 0 Å². The van der Waals surface area contributed by atoms with E-state index in [1.165, 1.54) is 24.0 Å². The third-order valence-corrected chi connectivity index (χ3v) is 3.80. The molecular formula is C17H25NO. The molecule has 0 aliphatic heterocycles. The summed E-state index contributed by atoms with van der Waals surface area (Å²) in [4.78, 5) is 0. The first kappa shape index (κ1) is 14.3. The highest BCUT2D eigenvalue weighted by molar-refractivity contribution is 5.27. The second-order valence-electron chi connectivity index (χ2n) is 5.42. The molecule has 2 rings (SSSR count). The number of hydrogen-bond acceptors (Lipinski definition) is 2. The van der Waals surface area contributed by atoms with Crippen LogP contribution >= 0.6 is 0 Å². The van der Waals surface area contributed by atoms with Gasteiger partial charge in [0.05, 0.1) is 13.2 Å². The predicted octanol–water partition coefficient (Wildman–Crippen LogP) is 3.42. The van der Waals surface area contributed by atoms with Gasteiger partial charge in [-0.05, 0) is 37.7 Å². The molecule has 1 aliphatic carbocycles. The Hall–Kier alpha value is -1.12. The second-order valence-corrected chi connectivity index (χ2v) is 5.42. The molecule has 0 aromatic heterocycles. The molecule has 0 saturated heterocycles. The van der Waals surface area contributed by atoms with E-state index in [0.717, 1.165) is 32.1 Å². The number of nitrogens with one attached hydrogen (secondary N) is 1. The summed E-state index contributed by atoms with van der Waals surface area (Å²) < 4.78 is 5.49. The molecule has 2 nitrogen and oxygen atoms in total. The highest BCUT2D eigenvalue weighted by Crippen LogP contribution is 2.36. The Morgan fingerprint density at radius 2 is 2.21 bits per heavy atom.